The van der Waals surface area contributed by atoms with Gasteiger partial charge >= 0.3 is 5.97 Å². The molecule has 0 fully saturated rings. The molecule has 0 aromatic carbocycles. The molecule has 0 N–H and O–H groups in total. The number of hydrogen-bond donors (Lipinski definition) is 0. The maximum atomic E-state index is 13.0. The van der Waals surface area contributed by atoms with Crippen LogP contribution >= 0.6 is 27.3 Å². The lowest BCUT2D eigenvalue weighted by Crippen LogP contribution is -2.39. The van der Waals surface area contributed by atoms with E-state index in [4.69, 9.17) is 4.74 Å². The summed E-state index contributed by atoms with van der Waals surface area (Å²) in [6.45, 7) is 8.16. The van der Waals surface area contributed by atoms with E-state index in [0.29, 0.717) is 18.6 Å². The van der Waals surface area contributed by atoms with Crippen LogP contribution in [0.25, 0.3) is 0 Å². The summed E-state index contributed by atoms with van der Waals surface area (Å²) < 4.78 is 6.26. The minimum atomic E-state index is -0.533. The van der Waals surface area contributed by atoms with E-state index < -0.39 is 5.92 Å². The molecule has 0 saturated carbocycles. The first-order valence-corrected chi connectivity index (χ1v) is 10.1. The van der Waals surface area contributed by atoms with Crippen molar-refractivity contribution in [3.05, 3.63) is 32.1 Å². The van der Waals surface area contributed by atoms with Crippen LogP contribution in [0.15, 0.2) is 32.2 Å². The predicted octanol–water partition coefficient (Wildman–Crippen LogP) is 4.89. The van der Waals surface area contributed by atoms with Crippen molar-refractivity contribution in [2.75, 3.05) is 6.61 Å². The Morgan fingerprint density at radius 3 is 2.76 bits per heavy atom. The highest BCUT2D eigenvalue weighted by Gasteiger charge is 2.46. The minimum Gasteiger partial charge on any atom is -0.465 e. The zero-order valence-electron chi connectivity index (χ0n) is 14.9. The second-order valence-corrected chi connectivity index (χ2v) is 9.29. The molecular formula is C19H22BrNO3S. The number of ether oxygens (including phenoxy) is 1. The van der Waals surface area contributed by atoms with E-state index in [0.717, 1.165) is 27.2 Å². The molecule has 1 aliphatic carbocycles. The van der Waals surface area contributed by atoms with E-state index in [2.05, 4.69) is 34.8 Å². The highest BCUT2D eigenvalue weighted by molar-refractivity contribution is 9.10. The molecule has 0 amide bonds. The maximum absolute atomic E-state index is 13.0. The van der Waals surface area contributed by atoms with Gasteiger partial charge in [0.05, 0.1) is 6.61 Å². The highest BCUT2D eigenvalue weighted by atomic mass is 79.9. The number of hydrogen-bond acceptors (Lipinski definition) is 5. The Morgan fingerprint density at radius 1 is 1.44 bits per heavy atom. The molecular weight excluding hydrogens is 402 g/mol. The van der Waals surface area contributed by atoms with Crippen LogP contribution in [0.2, 0.25) is 0 Å². The molecule has 1 aromatic heterocycles. The summed E-state index contributed by atoms with van der Waals surface area (Å²) in [5.41, 5.74) is 2.18. The van der Waals surface area contributed by atoms with Crippen LogP contribution in [0.4, 0.5) is 0 Å². The number of Topliss-reactive ketones (excluding diaryl/α,β-unsaturated/α-hetero) is 1. The van der Waals surface area contributed by atoms with Crippen LogP contribution in [0.1, 0.15) is 51.3 Å². The number of esters is 1. The molecule has 3 rings (SSSR count). The van der Waals surface area contributed by atoms with E-state index >= 15 is 0 Å². The topological polar surface area (TPSA) is 55.7 Å². The molecule has 25 heavy (non-hydrogen) atoms. The van der Waals surface area contributed by atoms with Gasteiger partial charge in [0.25, 0.3) is 0 Å². The Balaban J connectivity index is 2.15. The van der Waals surface area contributed by atoms with Gasteiger partial charge in [0.15, 0.2) is 5.78 Å². The molecule has 2 aliphatic rings. The van der Waals surface area contributed by atoms with Crippen molar-refractivity contribution in [3.63, 3.8) is 0 Å². The molecule has 4 nitrogen and oxygen atoms in total. The third-order valence-electron chi connectivity index (χ3n) is 4.74. The Hall–Kier alpha value is -1.27. The van der Waals surface area contributed by atoms with Crippen LogP contribution in [-0.2, 0) is 14.3 Å². The van der Waals surface area contributed by atoms with Crippen molar-refractivity contribution >= 4 is 44.7 Å². The number of carbonyl (C=O) groups is 2. The standard InChI is InChI=1S/C19H22BrNO3S/c1-5-24-18(23)15-10(2)21-12-7-19(3,4)8-13(22)16(12)17(15)14-6-11(20)9-25-14/h6,9,15,17H,5,7-8H2,1-4H3/t15?,17-/m0/s1. The van der Waals surface area contributed by atoms with Gasteiger partial charge in [-0.25, -0.2) is 0 Å². The largest absolute Gasteiger partial charge is 0.465 e. The first-order valence-electron chi connectivity index (χ1n) is 8.45. The van der Waals surface area contributed by atoms with E-state index in [1.165, 1.54) is 0 Å². The Morgan fingerprint density at radius 2 is 2.16 bits per heavy atom. The average molecular weight is 424 g/mol. The molecule has 1 aromatic rings. The fourth-order valence-corrected chi connectivity index (χ4v) is 5.37. The third-order valence-corrected chi connectivity index (χ3v) is 6.51. The number of allylic oxidation sites excluding steroid dienone is 2. The lowest BCUT2D eigenvalue weighted by atomic mass is 9.68. The minimum absolute atomic E-state index is 0.100. The Labute approximate surface area is 160 Å². The van der Waals surface area contributed by atoms with Gasteiger partial charge in [0.2, 0.25) is 0 Å². The van der Waals surface area contributed by atoms with Crippen molar-refractivity contribution < 1.29 is 14.3 Å². The maximum Gasteiger partial charge on any atom is 0.315 e. The molecule has 6 heteroatoms. The molecule has 1 aliphatic heterocycles. The van der Waals surface area contributed by atoms with Crippen LogP contribution in [0.5, 0.6) is 0 Å². The second kappa shape index (κ2) is 6.80. The lowest BCUT2D eigenvalue weighted by molar-refractivity contribution is -0.146. The quantitative estimate of drug-likeness (QED) is 0.650. The molecule has 0 bridgehead atoms. The summed E-state index contributed by atoms with van der Waals surface area (Å²) in [5, 5.41) is 1.98. The van der Waals surface area contributed by atoms with Gasteiger partial charge in [-0.15, -0.1) is 11.3 Å². The number of carbonyl (C=O) groups excluding carboxylic acids is 2. The predicted molar refractivity (Wildman–Crippen MR) is 103 cm³/mol. The third kappa shape index (κ3) is 3.51. The number of thiophene rings is 1. The molecule has 1 unspecified atom stereocenters. The molecule has 2 atom stereocenters. The van der Waals surface area contributed by atoms with Crippen molar-refractivity contribution in [1.29, 1.82) is 0 Å². The molecule has 0 spiro atoms. The summed E-state index contributed by atoms with van der Waals surface area (Å²) in [5.74, 6) is -1.03. The van der Waals surface area contributed by atoms with Gasteiger partial charge in [0.1, 0.15) is 5.92 Å². The molecule has 2 heterocycles. The van der Waals surface area contributed by atoms with Crippen LogP contribution in [-0.4, -0.2) is 24.1 Å². The summed E-state index contributed by atoms with van der Waals surface area (Å²) in [6.07, 6.45) is 1.24. The first kappa shape index (κ1) is 18.5. The highest BCUT2D eigenvalue weighted by Crippen LogP contribution is 2.49. The van der Waals surface area contributed by atoms with Crippen molar-refractivity contribution in [2.45, 2.75) is 46.5 Å². The van der Waals surface area contributed by atoms with Gasteiger partial charge in [-0.2, -0.15) is 0 Å². The monoisotopic (exact) mass is 423 g/mol. The van der Waals surface area contributed by atoms with Crippen LogP contribution in [0, 0.1) is 11.3 Å². The van der Waals surface area contributed by atoms with Gasteiger partial charge in [0, 0.05) is 44.1 Å². The number of rotatable bonds is 3. The molecule has 0 radical (unpaired) electrons. The zero-order chi connectivity index (χ0) is 18.4. The number of nitrogens with zero attached hydrogens (tertiary/aromatic N) is 1. The average Bonchev–Trinajstić information content (AvgIpc) is 2.90. The Kier molecular flexibility index (Phi) is 5.04. The molecule has 0 saturated heterocycles. The zero-order valence-corrected chi connectivity index (χ0v) is 17.3. The summed E-state index contributed by atoms with van der Waals surface area (Å²) in [7, 11) is 0. The lowest BCUT2D eigenvalue weighted by Gasteiger charge is -2.38. The van der Waals surface area contributed by atoms with Gasteiger partial charge in [-0.05, 0) is 47.7 Å². The van der Waals surface area contributed by atoms with Crippen LogP contribution in [0.3, 0.4) is 0 Å². The fraction of sp³-hybridized carbons (Fsp3) is 0.526. The van der Waals surface area contributed by atoms with E-state index in [9.17, 15) is 9.59 Å². The SMILES string of the molecule is CCOC(=O)C1C(C)=NC2=C(C(=O)CC(C)(C)C2)[C@H]1c1cc(Br)cs1. The first-order chi connectivity index (χ1) is 11.7. The summed E-state index contributed by atoms with van der Waals surface area (Å²) in [4.78, 5) is 31.3. The molecule has 134 valence electrons. The number of ketones is 1. The summed E-state index contributed by atoms with van der Waals surface area (Å²) in [6, 6.07) is 2.00. The van der Waals surface area contributed by atoms with Crippen molar-refractivity contribution in [3.8, 4) is 0 Å². The fourth-order valence-electron chi connectivity index (χ4n) is 3.78. The second-order valence-electron chi connectivity index (χ2n) is 7.43. The number of halogens is 1. The Bertz CT molecular complexity index is 790. The van der Waals surface area contributed by atoms with Crippen molar-refractivity contribution in [2.24, 2.45) is 16.3 Å². The number of aliphatic imine (C=N–C) groups is 1. The van der Waals surface area contributed by atoms with Gasteiger partial charge < -0.3 is 4.74 Å². The van der Waals surface area contributed by atoms with Crippen LogP contribution < -0.4 is 0 Å². The van der Waals surface area contributed by atoms with Gasteiger partial charge in [-0.3, -0.25) is 14.6 Å². The van der Waals surface area contributed by atoms with Crippen molar-refractivity contribution in [1.82, 2.24) is 0 Å². The van der Waals surface area contributed by atoms with Gasteiger partial charge in [-0.1, -0.05) is 13.8 Å². The summed E-state index contributed by atoms with van der Waals surface area (Å²) >= 11 is 5.04. The normalized spacial score (nSPS) is 25.5. The van der Waals surface area contributed by atoms with E-state index in [1.807, 2.05) is 18.4 Å². The smallest absolute Gasteiger partial charge is 0.315 e. The van der Waals surface area contributed by atoms with E-state index in [-0.39, 0.29) is 23.1 Å². The van der Waals surface area contributed by atoms with E-state index in [1.54, 1.807) is 18.3 Å².